The molecule has 0 fully saturated rings. The Labute approximate surface area is 407 Å². The van der Waals surface area contributed by atoms with E-state index in [0.717, 1.165) is 11.4 Å². The van der Waals surface area contributed by atoms with Crippen LogP contribution in [0.15, 0.2) is 273 Å². The fourth-order valence-electron chi connectivity index (χ4n) is 11.8. The van der Waals surface area contributed by atoms with Crippen molar-refractivity contribution in [1.29, 1.82) is 0 Å². The van der Waals surface area contributed by atoms with E-state index in [0.29, 0.717) is 0 Å². The molecule has 3 nitrogen and oxygen atoms in total. The van der Waals surface area contributed by atoms with E-state index in [2.05, 4.69) is 287 Å². The third kappa shape index (κ3) is 6.00. The van der Waals surface area contributed by atoms with Crippen LogP contribution < -0.4 is 20.7 Å². The first-order valence-electron chi connectivity index (χ1n) is 24.2. The van der Waals surface area contributed by atoms with Crippen LogP contribution in [0.5, 0.6) is 0 Å². The smallest absolute Gasteiger partial charge is 0.179 e. The Balaban J connectivity index is 0.996. The lowest BCUT2D eigenvalue weighted by molar-refractivity contribution is 1.15. The predicted octanol–water partition coefficient (Wildman–Crippen LogP) is 14.0. The molecule has 328 valence electrons. The molecule has 14 rings (SSSR count). The van der Waals surface area contributed by atoms with Gasteiger partial charge in [0.1, 0.15) is 0 Å². The second-order valence-corrected chi connectivity index (χ2v) is 22.2. The van der Waals surface area contributed by atoms with Crippen molar-refractivity contribution in [2.75, 3.05) is 0 Å². The molecule has 0 radical (unpaired) electrons. The summed E-state index contributed by atoms with van der Waals surface area (Å²) in [5.41, 5.74) is 13.1. The fraction of sp³-hybridized carbons (Fsp3) is 0. The van der Waals surface area contributed by atoms with Crippen molar-refractivity contribution in [2.45, 2.75) is 0 Å². The van der Waals surface area contributed by atoms with Gasteiger partial charge in [0.25, 0.3) is 0 Å². The van der Waals surface area contributed by atoms with Crippen molar-refractivity contribution < 1.29 is 0 Å². The molecule has 0 N–H and O–H groups in total. The van der Waals surface area contributed by atoms with Crippen molar-refractivity contribution in [3.05, 3.63) is 273 Å². The average Bonchev–Trinajstić information content (AvgIpc) is 4.09. The van der Waals surface area contributed by atoms with E-state index in [4.69, 9.17) is 0 Å². The Kier molecular flexibility index (Phi) is 9.23. The van der Waals surface area contributed by atoms with E-state index < -0.39 is 8.07 Å². The summed E-state index contributed by atoms with van der Waals surface area (Å²) in [6.45, 7) is 0. The summed E-state index contributed by atoms with van der Waals surface area (Å²) in [5.74, 6) is 0. The van der Waals surface area contributed by atoms with E-state index in [-0.39, 0.29) is 0 Å². The van der Waals surface area contributed by atoms with Gasteiger partial charge in [0, 0.05) is 49.4 Å². The summed E-state index contributed by atoms with van der Waals surface area (Å²) in [7, 11) is -2.98. The van der Waals surface area contributed by atoms with Crippen LogP contribution in [0.1, 0.15) is 0 Å². The van der Waals surface area contributed by atoms with Crippen molar-refractivity contribution in [1.82, 2.24) is 13.7 Å². The standard InChI is InChI=1S/C66H45N3Si/c1-5-20-48(21-6-1)67-61-33-16-15-32-57(61)60-44-47(38-43-64(60)67)46-36-39-53(40-37-46)70(51-25-9-3-10-26-51,52-27-11-4-12-28-52)54-29-19-24-50(45-54)69-63-35-18-14-31-56(63)59-42-41-58-55-30-13-17-34-62(55)68(65(58)66(59)69)49-22-7-2-8-23-49/h1-45H. The van der Waals surface area contributed by atoms with Gasteiger partial charge in [0.05, 0.1) is 33.1 Å². The molecule has 0 aliphatic rings. The highest BCUT2D eigenvalue weighted by atomic mass is 28.3. The zero-order valence-corrected chi connectivity index (χ0v) is 39.3. The molecule has 0 aliphatic carbocycles. The molecule has 14 aromatic rings. The minimum absolute atomic E-state index is 1.14. The van der Waals surface area contributed by atoms with Crippen LogP contribution in [-0.4, -0.2) is 21.8 Å². The maximum Gasteiger partial charge on any atom is 0.179 e. The van der Waals surface area contributed by atoms with Crippen LogP contribution in [0.2, 0.25) is 0 Å². The molecule has 3 aromatic heterocycles. The minimum atomic E-state index is -2.98. The summed E-state index contributed by atoms with van der Waals surface area (Å²) in [4.78, 5) is 0. The van der Waals surface area contributed by atoms with Crippen molar-refractivity contribution in [3.8, 4) is 28.2 Å². The van der Waals surface area contributed by atoms with Crippen LogP contribution in [0, 0.1) is 0 Å². The highest BCUT2D eigenvalue weighted by Crippen LogP contribution is 2.42. The fourth-order valence-corrected chi connectivity index (χ4v) is 16.6. The van der Waals surface area contributed by atoms with Gasteiger partial charge in [-0.15, -0.1) is 0 Å². The number of hydrogen-bond donors (Lipinski definition) is 0. The largest absolute Gasteiger partial charge is 0.309 e. The first-order valence-corrected chi connectivity index (χ1v) is 26.2. The third-order valence-electron chi connectivity index (χ3n) is 14.8. The van der Waals surface area contributed by atoms with Gasteiger partial charge in [0.15, 0.2) is 8.07 Å². The summed E-state index contributed by atoms with van der Waals surface area (Å²) in [5, 5.41) is 12.8. The molecule has 0 bridgehead atoms. The average molecular weight is 908 g/mol. The molecule has 0 aliphatic heterocycles. The molecule has 0 atom stereocenters. The molecule has 11 aromatic carbocycles. The summed E-state index contributed by atoms with van der Waals surface area (Å²) in [6.07, 6.45) is 0. The van der Waals surface area contributed by atoms with Crippen molar-refractivity contribution >= 4 is 94.2 Å². The van der Waals surface area contributed by atoms with Crippen molar-refractivity contribution in [2.24, 2.45) is 0 Å². The lowest BCUT2D eigenvalue weighted by Crippen LogP contribution is -2.74. The van der Waals surface area contributed by atoms with E-state index in [1.54, 1.807) is 0 Å². The van der Waals surface area contributed by atoms with E-state index in [1.807, 2.05) is 0 Å². The number of fused-ring (bicyclic) bond motifs is 10. The lowest BCUT2D eigenvalue weighted by atomic mass is 10.0. The highest BCUT2D eigenvalue weighted by Gasteiger charge is 2.41. The van der Waals surface area contributed by atoms with Crippen LogP contribution in [0.3, 0.4) is 0 Å². The maximum atomic E-state index is 2.54. The summed E-state index contributed by atoms with van der Waals surface area (Å²) in [6, 6.07) is 101. The second-order valence-electron chi connectivity index (χ2n) is 18.4. The van der Waals surface area contributed by atoms with Gasteiger partial charge in [-0.05, 0) is 98.6 Å². The van der Waals surface area contributed by atoms with Gasteiger partial charge >= 0.3 is 0 Å². The summed E-state index contributed by atoms with van der Waals surface area (Å²) >= 11 is 0. The molecule has 70 heavy (non-hydrogen) atoms. The maximum absolute atomic E-state index is 2.98. The number of para-hydroxylation sites is 5. The normalized spacial score (nSPS) is 12.0. The number of hydrogen-bond acceptors (Lipinski definition) is 0. The number of aromatic nitrogens is 3. The molecule has 3 heterocycles. The quantitative estimate of drug-likeness (QED) is 0.107. The van der Waals surface area contributed by atoms with E-state index in [1.165, 1.54) is 103 Å². The Hall–Kier alpha value is -8.96. The minimum Gasteiger partial charge on any atom is -0.309 e. The monoisotopic (exact) mass is 907 g/mol. The zero-order chi connectivity index (χ0) is 46.2. The molecule has 0 amide bonds. The van der Waals surface area contributed by atoms with Crippen LogP contribution in [0.25, 0.3) is 93.6 Å². The molecule has 0 unspecified atom stereocenters. The Morgan fingerprint density at radius 2 is 0.600 bits per heavy atom. The Morgan fingerprint density at radius 1 is 0.214 bits per heavy atom. The zero-order valence-electron chi connectivity index (χ0n) is 38.3. The van der Waals surface area contributed by atoms with Gasteiger partial charge in [0.2, 0.25) is 0 Å². The first kappa shape index (κ1) is 40.1. The third-order valence-corrected chi connectivity index (χ3v) is 19.5. The number of rotatable bonds is 8. The summed E-state index contributed by atoms with van der Waals surface area (Å²) < 4.78 is 7.40. The number of nitrogens with zero attached hydrogens (tertiary/aromatic N) is 3. The van der Waals surface area contributed by atoms with Crippen LogP contribution >= 0.6 is 0 Å². The Bertz CT molecular complexity index is 4220. The molecular weight excluding hydrogens is 863 g/mol. The van der Waals surface area contributed by atoms with Gasteiger partial charge < -0.3 is 13.7 Å². The van der Waals surface area contributed by atoms with Gasteiger partial charge in [-0.3, -0.25) is 0 Å². The number of benzene rings is 11. The molecule has 0 saturated carbocycles. The SMILES string of the molecule is c1ccc(-n2c3ccccc3c3cc(-c4ccc([Si](c5ccccc5)(c5ccccc5)c5cccc(-n6c7ccccc7c7ccc8c9ccccc9n(-c9ccccc9)c8c76)c5)cc4)ccc32)cc1. The van der Waals surface area contributed by atoms with Crippen LogP contribution in [-0.2, 0) is 0 Å². The van der Waals surface area contributed by atoms with Crippen LogP contribution in [0.4, 0.5) is 0 Å². The molecule has 0 spiro atoms. The molecular formula is C66H45N3Si. The molecule has 4 heteroatoms. The highest BCUT2D eigenvalue weighted by molar-refractivity contribution is 7.19. The molecule has 0 saturated heterocycles. The van der Waals surface area contributed by atoms with Gasteiger partial charge in [-0.2, -0.15) is 0 Å². The van der Waals surface area contributed by atoms with Gasteiger partial charge in [-0.1, -0.05) is 206 Å². The first-order chi connectivity index (χ1) is 34.8. The Morgan fingerprint density at radius 3 is 1.16 bits per heavy atom. The van der Waals surface area contributed by atoms with E-state index >= 15 is 0 Å². The lowest BCUT2D eigenvalue weighted by Gasteiger charge is -2.35. The predicted molar refractivity (Wildman–Crippen MR) is 299 cm³/mol. The van der Waals surface area contributed by atoms with Gasteiger partial charge in [-0.25, -0.2) is 0 Å². The van der Waals surface area contributed by atoms with E-state index in [9.17, 15) is 0 Å². The topological polar surface area (TPSA) is 14.8 Å². The second kappa shape index (κ2) is 16.1. The van der Waals surface area contributed by atoms with Crippen molar-refractivity contribution in [3.63, 3.8) is 0 Å².